The summed E-state index contributed by atoms with van der Waals surface area (Å²) in [5, 5.41) is 6.79. The van der Waals surface area contributed by atoms with E-state index in [2.05, 4.69) is 39.4 Å². The van der Waals surface area contributed by atoms with Gasteiger partial charge in [0.2, 0.25) is 0 Å². The molecular formula is C18H37IN6O2. The number of hydrogen-bond donors (Lipinski definition) is 2. The lowest BCUT2D eigenvalue weighted by atomic mass is 10.1. The molecule has 0 aromatic carbocycles. The first-order valence-electron chi connectivity index (χ1n) is 9.55. The minimum absolute atomic E-state index is 0. The topological polar surface area (TPSA) is 72.4 Å². The van der Waals surface area contributed by atoms with Crippen molar-refractivity contribution >= 4 is 36.0 Å². The summed E-state index contributed by atoms with van der Waals surface area (Å²) in [6.45, 7) is 14.5. The molecule has 158 valence electrons. The Morgan fingerprint density at radius 2 is 1.81 bits per heavy atom. The van der Waals surface area contributed by atoms with Gasteiger partial charge in [0.05, 0.1) is 6.04 Å². The fourth-order valence-electron chi connectivity index (χ4n) is 3.07. The van der Waals surface area contributed by atoms with Crippen molar-refractivity contribution in [2.75, 3.05) is 59.9 Å². The molecule has 2 N–H and O–H groups in total. The first-order valence-corrected chi connectivity index (χ1v) is 9.55. The van der Waals surface area contributed by atoms with E-state index >= 15 is 0 Å². The Morgan fingerprint density at radius 3 is 2.33 bits per heavy atom. The number of likely N-dealkylation sites (N-methyl/N-ethyl adjacent to an activating group) is 1. The predicted octanol–water partition coefficient (Wildman–Crippen LogP) is 1.02. The van der Waals surface area contributed by atoms with Gasteiger partial charge < -0.3 is 25.2 Å². The highest BCUT2D eigenvalue weighted by Crippen LogP contribution is 2.15. The maximum Gasteiger partial charge on any atom is 0.410 e. The molecule has 9 heteroatoms. The summed E-state index contributed by atoms with van der Waals surface area (Å²) < 4.78 is 5.38. The summed E-state index contributed by atoms with van der Waals surface area (Å²) in [6.07, 6.45) is -0.248. The van der Waals surface area contributed by atoms with E-state index in [9.17, 15) is 4.79 Å². The average molecular weight is 496 g/mol. The third-order valence-electron chi connectivity index (χ3n) is 4.82. The number of nitrogens with zero attached hydrogens (tertiary/aromatic N) is 4. The van der Waals surface area contributed by atoms with Gasteiger partial charge in [0.25, 0.3) is 0 Å². The zero-order valence-corrected chi connectivity index (χ0v) is 19.9. The van der Waals surface area contributed by atoms with Crippen molar-refractivity contribution in [3.8, 4) is 0 Å². The first kappa shape index (κ1) is 24.2. The molecule has 2 aliphatic rings. The standard InChI is InChI=1S/C18H36N6O2.HI/c1-14(23-9-7-22(6)8-10-23)11-20-16(19-5)21-15-12-24(13-15)17(25)26-18(2,3)4;/h14-15H,7-13H2,1-6H3,(H2,19,20,21);1H. The Labute approximate surface area is 181 Å². The molecule has 2 saturated heterocycles. The Balaban J connectivity index is 0.00000364. The fourth-order valence-corrected chi connectivity index (χ4v) is 3.07. The molecule has 1 atom stereocenters. The molecule has 2 aliphatic heterocycles. The van der Waals surface area contributed by atoms with Crippen LogP contribution in [0.15, 0.2) is 4.99 Å². The van der Waals surface area contributed by atoms with E-state index in [1.54, 1.807) is 11.9 Å². The number of carbonyl (C=O) groups is 1. The van der Waals surface area contributed by atoms with E-state index in [0.29, 0.717) is 19.1 Å². The Hall–Kier alpha value is -0.810. The van der Waals surface area contributed by atoms with E-state index < -0.39 is 5.60 Å². The number of guanidine groups is 1. The summed E-state index contributed by atoms with van der Waals surface area (Å²) >= 11 is 0. The maximum atomic E-state index is 12.0. The molecule has 27 heavy (non-hydrogen) atoms. The maximum absolute atomic E-state index is 12.0. The molecule has 2 fully saturated rings. The molecular weight excluding hydrogens is 459 g/mol. The minimum Gasteiger partial charge on any atom is -0.444 e. The zero-order chi connectivity index (χ0) is 19.3. The van der Waals surface area contributed by atoms with Crippen molar-refractivity contribution in [3.05, 3.63) is 0 Å². The number of hydrogen-bond acceptors (Lipinski definition) is 5. The van der Waals surface area contributed by atoms with Crippen molar-refractivity contribution in [2.45, 2.75) is 45.4 Å². The molecule has 2 heterocycles. The van der Waals surface area contributed by atoms with Crippen molar-refractivity contribution in [1.29, 1.82) is 0 Å². The monoisotopic (exact) mass is 496 g/mol. The molecule has 0 radical (unpaired) electrons. The smallest absolute Gasteiger partial charge is 0.410 e. The van der Waals surface area contributed by atoms with Crippen LogP contribution in [0.5, 0.6) is 0 Å². The lowest BCUT2D eigenvalue weighted by Gasteiger charge is -2.41. The number of aliphatic imine (C=N–C) groups is 1. The summed E-state index contributed by atoms with van der Waals surface area (Å²) in [7, 11) is 3.95. The second-order valence-corrected chi connectivity index (χ2v) is 8.37. The number of likely N-dealkylation sites (tertiary alicyclic amines) is 1. The number of rotatable bonds is 4. The van der Waals surface area contributed by atoms with Crippen LogP contribution in [0.25, 0.3) is 0 Å². The van der Waals surface area contributed by atoms with E-state index in [-0.39, 0.29) is 36.1 Å². The number of amides is 1. The summed E-state index contributed by atoms with van der Waals surface area (Å²) in [5.41, 5.74) is -0.452. The van der Waals surface area contributed by atoms with Crippen LogP contribution in [0.2, 0.25) is 0 Å². The Bertz CT molecular complexity index is 497. The van der Waals surface area contributed by atoms with Crippen molar-refractivity contribution < 1.29 is 9.53 Å². The molecule has 0 spiro atoms. The number of ether oxygens (including phenoxy) is 1. The molecule has 0 aromatic heterocycles. The second kappa shape index (κ2) is 10.7. The van der Waals surface area contributed by atoms with Crippen molar-refractivity contribution in [2.24, 2.45) is 4.99 Å². The van der Waals surface area contributed by atoms with Gasteiger partial charge in [-0.1, -0.05) is 0 Å². The SMILES string of the molecule is CN=C(NCC(C)N1CCN(C)CC1)NC1CN(C(=O)OC(C)(C)C)C1.I. The lowest BCUT2D eigenvalue weighted by molar-refractivity contribution is 0.00700. The third-order valence-corrected chi connectivity index (χ3v) is 4.82. The quantitative estimate of drug-likeness (QED) is 0.344. The molecule has 0 bridgehead atoms. The van der Waals surface area contributed by atoms with Gasteiger partial charge in [-0.25, -0.2) is 4.79 Å². The van der Waals surface area contributed by atoms with Gasteiger partial charge in [0.1, 0.15) is 5.60 Å². The lowest BCUT2D eigenvalue weighted by Crippen LogP contribution is -2.63. The highest BCUT2D eigenvalue weighted by atomic mass is 127. The van der Waals surface area contributed by atoms with Gasteiger partial charge >= 0.3 is 6.09 Å². The van der Waals surface area contributed by atoms with Gasteiger partial charge in [0, 0.05) is 58.9 Å². The summed E-state index contributed by atoms with van der Waals surface area (Å²) in [6, 6.07) is 0.676. The summed E-state index contributed by atoms with van der Waals surface area (Å²) in [4.78, 5) is 22.9. The average Bonchev–Trinajstić information content (AvgIpc) is 2.51. The van der Waals surface area contributed by atoms with E-state index in [0.717, 1.165) is 38.7 Å². The molecule has 0 aliphatic carbocycles. The van der Waals surface area contributed by atoms with Crippen LogP contribution in [-0.4, -0.2) is 104 Å². The van der Waals surface area contributed by atoms with E-state index in [1.807, 2.05) is 20.8 Å². The van der Waals surface area contributed by atoms with E-state index in [1.165, 1.54) is 0 Å². The zero-order valence-electron chi connectivity index (χ0n) is 17.6. The Kier molecular flexibility index (Phi) is 9.56. The van der Waals surface area contributed by atoms with Crippen molar-refractivity contribution in [3.63, 3.8) is 0 Å². The van der Waals surface area contributed by atoms with Crippen LogP contribution < -0.4 is 10.6 Å². The number of piperazine rings is 1. The number of nitrogens with one attached hydrogen (secondary N) is 2. The highest BCUT2D eigenvalue weighted by molar-refractivity contribution is 14.0. The molecule has 1 amide bonds. The molecule has 8 nitrogen and oxygen atoms in total. The van der Waals surface area contributed by atoms with Crippen LogP contribution in [-0.2, 0) is 4.74 Å². The van der Waals surface area contributed by atoms with Gasteiger partial charge in [-0.3, -0.25) is 9.89 Å². The van der Waals surface area contributed by atoms with Gasteiger partial charge in [-0.2, -0.15) is 0 Å². The van der Waals surface area contributed by atoms with Gasteiger partial charge in [0.15, 0.2) is 5.96 Å². The van der Waals surface area contributed by atoms with Crippen molar-refractivity contribution in [1.82, 2.24) is 25.3 Å². The second-order valence-electron chi connectivity index (χ2n) is 8.37. The highest BCUT2D eigenvalue weighted by Gasteiger charge is 2.34. The van der Waals surface area contributed by atoms with Crippen LogP contribution in [0, 0.1) is 0 Å². The first-order chi connectivity index (χ1) is 12.2. The normalized spacial score (nSPS) is 21.1. The summed E-state index contributed by atoms with van der Waals surface area (Å²) in [5.74, 6) is 0.791. The third kappa shape index (κ3) is 7.98. The number of halogens is 1. The molecule has 0 saturated carbocycles. The Morgan fingerprint density at radius 1 is 1.22 bits per heavy atom. The van der Waals surface area contributed by atoms with Crippen LogP contribution >= 0.6 is 24.0 Å². The van der Waals surface area contributed by atoms with Crippen LogP contribution in [0.3, 0.4) is 0 Å². The van der Waals surface area contributed by atoms with Gasteiger partial charge in [-0.05, 0) is 34.7 Å². The van der Waals surface area contributed by atoms with E-state index in [4.69, 9.17) is 4.74 Å². The molecule has 0 aromatic rings. The largest absolute Gasteiger partial charge is 0.444 e. The van der Waals surface area contributed by atoms with Crippen LogP contribution in [0.1, 0.15) is 27.7 Å². The minimum atomic E-state index is -0.452. The molecule has 2 rings (SSSR count). The molecule has 1 unspecified atom stereocenters. The van der Waals surface area contributed by atoms with Crippen LogP contribution in [0.4, 0.5) is 4.79 Å². The predicted molar refractivity (Wildman–Crippen MR) is 120 cm³/mol. The fraction of sp³-hybridized carbons (Fsp3) is 0.889. The number of carbonyl (C=O) groups excluding carboxylic acids is 1. The van der Waals surface area contributed by atoms with Gasteiger partial charge in [-0.15, -0.1) is 24.0 Å².